The molecule has 1 aliphatic heterocycles. The van der Waals surface area contributed by atoms with Crippen molar-refractivity contribution >= 4 is 35.0 Å². The third kappa shape index (κ3) is 6.51. The number of hydrogen-bond donors (Lipinski definition) is 0. The summed E-state index contributed by atoms with van der Waals surface area (Å²) in [6.45, 7) is 4.95. The van der Waals surface area contributed by atoms with Crippen LogP contribution in [0.1, 0.15) is 36.6 Å². The first-order chi connectivity index (χ1) is 21.4. The molecule has 3 aromatic carbocycles. The zero-order valence-electron chi connectivity index (χ0n) is 24.7. The Balaban J connectivity index is 1.53. The van der Waals surface area contributed by atoms with Crippen molar-refractivity contribution in [1.29, 1.82) is 0 Å². The van der Waals surface area contributed by atoms with Crippen molar-refractivity contribution < 1.29 is 28.5 Å². The van der Waals surface area contributed by atoms with Gasteiger partial charge >= 0.3 is 5.97 Å². The van der Waals surface area contributed by atoms with E-state index in [-0.39, 0.29) is 11.1 Å². The van der Waals surface area contributed by atoms with Crippen LogP contribution in [0.15, 0.2) is 82.2 Å². The number of methoxy groups -OCH3 is 2. The van der Waals surface area contributed by atoms with Crippen molar-refractivity contribution in [2.45, 2.75) is 26.5 Å². The number of hydrogen-bond acceptors (Lipinski definition) is 9. The van der Waals surface area contributed by atoms with Crippen LogP contribution < -0.4 is 33.8 Å². The summed E-state index contributed by atoms with van der Waals surface area (Å²) in [6.07, 6.45) is 3.22. The molecule has 44 heavy (non-hydrogen) atoms. The fourth-order valence-electron chi connectivity index (χ4n) is 4.82. The molecule has 0 saturated heterocycles. The Labute approximate surface area is 263 Å². The molecule has 1 aliphatic rings. The minimum Gasteiger partial charge on any atom is -0.493 e. The molecule has 2 heterocycles. The topological polar surface area (TPSA) is 97.6 Å². The lowest BCUT2D eigenvalue weighted by Crippen LogP contribution is -2.39. The average Bonchev–Trinajstić information content (AvgIpc) is 3.35. The van der Waals surface area contributed by atoms with Gasteiger partial charge in [-0.05, 0) is 73.0 Å². The Bertz CT molecular complexity index is 1900. The van der Waals surface area contributed by atoms with Crippen LogP contribution in [0.3, 0.4) is 0 Å². The molecule has 0 unspecified atom stereocenters. The second kappa shape index (κ2) is 13.8. The van der Waals surface area contributed by atoms with E-state index >= 15 is 0 Å². The van der Waals surface area contributed by atoms with Gasteiger partial charge in [0, 0.05) is 11.2 Å². The minimum absolute atomic E-state index is 0.223. The molecule has 0 spiro atoms. The molecular formula is C33H31ClN2O7S. The van der Waals surface area contributed by atoms with Gasteiger partial charge in [0.2, 0.25) is 0 Å². The van der Waals surface area contributed by atoms with Crippen molar-refractivity contribution in [2.24, 2.45) is 4.99 Å². The number of aromatic nitrogens is 1. The number of carbonyl (C=O) groups is 1. The van der Waals surface area contributed by atoms with Crippen LogP contribution in [0, 0.1) is 0 Å². The molecule has 0 radical (unpaired) electrons. The second-order valence-corrected chi connectivity index (χ2v) is 11.0. The fraction of sp³-hybridized carbons (Fsp3) is 0.242. The van der Waals surface area contributed by atoms with Gasteiger partial charge in [-0.3, -0.25) is 9.36 Å². The lowest BCUT2D eigenvalue weighted by atomic mass is 9.97. The summed E-state index contributed by atoms with van der Waals surface area (Å²) in [5.41, 5.74) is 2.22. The highest BCUT2D eigenvalue weighted by molar-refractivity contribution is 7.07. The third-order valence-electron chi connectivity index (χ3n) is 6.78. The maximum absolute atomic E-state index is 13.9. The monoisotopic (exact) mass is 634 g/mol. The van der Waals surface area contributed by atoms with Gasteiger partial charge in [0.15, 0.2) is 27.8 Å². The highest BCUT2D eigenvalue weighted by Gasteiger charge is 2.31. The van der Waals surface area contributed by atoms with Gasteiger partial charge < -0.3 is 23.7 Å². The van der Waals surface area contributed by atoms with E-state index in [0.29, 0.717) is 62.7 Å². The summed E-state index contributed by atoms with van der Waals surface area (Å²) in [4.78, 5) is 31.7. The zero-order valence-corrected chi connectivity index (χ0v) is 26.2. The van der Waals surface area contributed by atoms with Crippen molar-refractivity contribution in [1.82, 2.24) is 4.57 Å². The molecule has 0 saturated carbocycles. The maximum Gasteiger partial charge on any atom is 0.337 e. The number of carbonyl (C=O) groups excluding carboxylic acids is 1. The van der Waals surface area contributed by atoms with E-state index in [1.807, 2.05) is 44.2 Å². The highest BCUT2D eigenvalue weighted by Crippen LogP contribution is 2.35. The van der Waals surface area contributed by atoms with Crippen LogP contribution in [0.4, 0.5) is 0 Å². The van der Waals surface area contributed by atoms with Crippen LogP contribution in [0.25, 0.3) is 6.08 Å². The Morgan fingerprint density at radius 3 is 2.43 bits per heavy atom. The van der Waals surface area contributed by atoms with Gasteiger partial charge in [0.25, 0.3) is 5.56 Å². The molecular weight excluding hydrogens is 604 g/mol. The first kappa shape index (κ1) is 30.9. The molecule has 0 aliphatic carbocycles. The highest BCUT2D eigenvalue weighted by atomic mass is 35.5. The van der Waals surface area contributed by atoms with Crippen LogP contribution in [0.5, 0.6) is 23.0 Å². The molecule has 1 atom stereocenters. The standard InChI is InChI=1S/C33H31ClN2O7S/c1-5-41-26-13-11-22(17-28(26)42-6-2)30-24(32(38)40-4)18-35-33-36(30)31(37)29(44-33)16-20-10-12-25(27(15-20)39-3)43-19-21-8-7-9-23(34)14-21/h7-18,30H,5-6,19H2,1-4H3/b29-16+/t30-/m1/s1. The maximum atomic E-state index is 13.9. The molecule has 0 fully saturated rings. The molecule has 11 heteroatoms. The Kier molecular flexibility index (Phi) is 9.72. The molecule has 0 N–H and O–H groups in total. The van der Waals surface area contributed by atoms with E-state index in [0.717, 1.165) is 11.1 Å². The smallest absolute Gasteiger partial charge is 0.337 e. The average molecular weight is 635 g/mol. The Morgan fingerprint density at radius 2 is 1.70 bits per heavy atom. The quantitative estimate of drug-likeness (QED) is 0.213. The number of nitrogens with zero attached hydrogens (tertiary/aromatic N) is 2. The zero-order chi connectivity index (χ0) is 31.2. The van der Waals surface area contributed by atoms with E-state index in [4.69, 9.17) is 35.3 Å². The molecule has 4 aromatic rings. The van der Waals surface area contributed by atoms with Crippen LogP contribution in [-0.2, 0) is 16.1 Å². The number of thiazole rings is 1. The predicted molar refractivity (Wildman–Crippen MR) is 169 cm³/mol. The SMILES string of the molecule is CCOc1ccc([C@@H]2C(C(=O)OC)=CN=c3s/c(=C/c4ccc(OCc5cccc(Cl)c5)c(OC)c4)c(=O)n32)cc1OCC. The normalized spacial score (nSPS) is 14.2. The molecule has 1 aromatic heterocycles. The lowest BCUT2D eigenvalue weighted by Gasteiger charge is -2.23. The van der Waals surface area contributed by atoms with Gasteiger partial charge in [-0.15, -0.1) is 0 Å². The van der Waals surface area contributed by atoms with Crippen LogP contribution >= 0.6 is 22.9 Å². The van der Waals surface area contributed by atoms with E-state index in [1.165, 1.54) is 29.2 Å². The fourth-order valence-corrected chi connectivity index (χ4v) is 6.00. The largest absolute Gasteiger partial charge is 0.493 e. The minimum atomic E-state index is -0.785. The van der Waals surface area contributed by atoms with Gasteiger partial charge in [-0.1, -0.05) is 47.2 Å². The molecule has 9 nitrogen and oxygen atoms in total. The Hall–Kier alpha value is -4.54. The van der Waals surface area contributed by atoms with Crippen molar-refractivity contribution in [2.75, 3.05) is 27.4 Å². The summed E-state index contributed by atoms with van der Waals surface area (Å²) in [5, 5.41) is 0.632. The van der Waals surface area contributed by atoms with Crippen LogP contribution in [0.2, 0.25) is 5.02 Å². The summed E-state index contributed by atoms with van der Waals surface area (Å²) in [5.74, 6) is 1.56. The van der Waals surface area contributed by atoms with E-state index in [2.05, 4.69) is 4.99 Å². The number of esters is 1. The second-order valence-electron chi connectivity index (χ2n) is 9.58. The number of rotatable bonds is 11. The van der Waals surface area contributed by atoms with Gasteiger partial charge in [-0.2, -0.15) is 0 Å². The van der Waals surface area contributed by atoms with Gasteiger partial charge in [0.05, 0.1) is 43.6 Å². The summed E-state index contributed by atoms with van der Waals surface area (Å²) >= 11 is 7.31. The molecule has 0 bridgehead atoms. The van der Waals surface area contributed by atoms with E-state index in [9.17, 15) is 9.59 Å². The number of ether oxygens (including phenoxy) is 5. The number of halogens is 1. The first-order valence-corrected chi connectivity index (χ1v) is 15.1. The van der Waals surface area contributed by atoms with Crippen molar-refractivity contribution in [3.63, 3.8) is 0 Å². The molecule has 0 amide bonds. The number of benzene rings is 3. The van der Waals surface area contributed by atoms with Gasteiger partial charge in [0.1, 0.15) is 6.61 Å². The van der Waals surface area contributed by atoms with Crippen molar-refractivity contribution in [3.8, 4) is 23.0 Å². The van der Waals surface area contributed by atoms with Crippen molar-refractivity contribution in [3.05, 3.63) is 114 Å². The summed E-state index contributed by atoms with van der Waals surface area (Å²) in [7, 11) is 2.85. The molecule has 5 rings (SSSR count). The van der Waals surface area contributed by atoms with E-state index < -0.39 is 12.0 Å². The summed E-state index contributed by atoms with van der Waals surface area (Å²) < 4.78 is 30.1. The summed E-state index contributed by atoms with van der Waals surface area (Å²) in [6, 6.07) is 17.4. The van der Waals surface area contributed by atoms with Gasteiger partial charge in [-0.25, -0.2) is 9.79 Å². The molecule has 228 valence electrons. The lowest BCUT2D eigenvalue weighted by molar-refractivity contribution is -0.136. The first-order valence-electron chi connectivity index (χ1n) is 13.9. The van der Waals surface area contributed by atoms with Crippen LogP contribution in [-0.4, -0.2) is 38.0 Å². The van der Waals surface area contributed by atoms with E-state index in [1.54, 1.807) is 43.5 Å². The Morgan fingerprint density at radius 1 is 0.955 bits per heavy atom. The third-order valence-corrected chi connectivity index (χ3v) is 8.01. The number of fused-ring (bicyclic) bond motifs is 1. The predicted octanol–water partition coefficient (Wildman–Crippen LogP) is 5.06.